The molecule has 0 N–H and O–H groups in total. The van der Waals surface area contributed by atoms with Crippen molar-refractivity contribution in [3.8, 4) is 29.0 Å². The van der Waals surface area contributed by atoms with Crippen molar-refractivity contribution in [3.63, 3.8) is 0 Å². The van der Waals surface area contributed by atoms with Crippen molar-refractivity contribution < 1.29 is 13.9 Å². The van der Waals surface area contributed by atoms with E-state index in [0.717, 1.165) is 22.1 Å². The van der Waals surface area contributed by atoms with E-state index < -0.39 is 0 Å². The molecule has 0 amide bonds. The Kier molecular flexibility index (Phi) is 6.11. The molecule has 0 fully saturated rings. The minimum Gasteiger partial charge on any atom is -0.497 e. The van der Waals surface area contributed by atoms with Gasteiger partial charge in [0.15, 0.2) is 5.78 Å². The molecule has 0 spiro atoms. The number of benzene rings is 3. The molecule has 0 unspecified atom stereocenters. The molecule has 3 aromatic carbocycles. The maximum Gasteiger partial charge on any atom is 0.277 e. The Balaban J connectivity index is 1.34. The van der Waals surface area contributed by atoms with Gasteiger partial charge >= 0.3 is 0 Å². The van der Waals surface area contributed by atoms with Gasteiger partial charge in [0.1, 0.15) is 5.75 Å². The molecule has 0 saturated heterocycles. The number of thioether (sulfide) groups is 1. The molecule has 1 heterocycles. The van der Waals surface area contributed by atoms with E-state index in [9.17, 15) is 4.79 Å². The molecular weight excluding hydrogens is 396 g/mol. The Morgan fingerprint density at radius 3 is 2.63 bits per heavy atom. The Bertz CT molecular complexity index is 1230. The van der Waals surface area contributed by atoms with Gasteiger partial charge in [0.2, 0.25) is 5.89 Å². The summed E-state index contributed by atoms with van der Waals surface area (Å²) >= 11 is 1.35. The van der Waals surface area contributed by atoms with E-state index >= 15 is 0 Å². The van der Waals surface area contributed by atoms with Gasteiger partial charge in [-0.2, -0.15) is 0 Å². The van der Waals surface area contributed by atoms with Gasteiger partial charge in [-0.3, -0.25) is 4.79 Å². The molecule has 5 nitrogen and oxygen atoms in total. The summed E-state index contributed by atoms with van der Waals surface area (Å²) < 4.78 is 10.9. The largest absolute Gasteiger partial charge is 0.497 e. The predicted octanol–water partition coefficient (Wildman–Crippen LogP) is 5.27. The van der Waals surface area contributed by atoms with Gasteiger partial charge in [-0.05, 0) is 41.1 Å². The fraction of sp³-hybridized carbons (Fsp3) is 0.125. The quantitative estimate of drug-likeness (QED) is 0.243. The molecule has 0 aliphatic rings. The van der Waals surface area contributed by atoms with Crippen LogP contribution in [0.4, 0.5) is 0 Å². The number of methoxy groups -OCH3 is 1. The first-order chi connectivity index (χ1) is 14.7. The number of ether oxygens (including phenoxy) is 1. The summed E-state index contributed by atoms with van der Waals surface area (Å²) in [6.07, 6.45) is 0.165. The van der Waals surface area contributed by atoms with E-state index in [0.29, 0.717) is 22.4 Å². The standard InChI is InChI=1S/C24H18N2O3S/c1-28-19-14-12-18(13-15-19)22(27)11-4-5-16-30-24-26-25-23(29-24)21-10-6-8-17-7-2-3-9-20(17)21/h2-3,6-10,12-15H,11,16H2,1H3. The molecule has 0 atom stereocenters. The van der Waals surface area contributed by atoms with Gasteiger partial charge in [0, 0.05) is 11.1 Å². The second kappa shape index (κ2) is 9.29. The first kappa shape index (κ1) is 19.7. The zero-order valence-corrected chi connectivity index (χ0v) is 17.1. The number of carbonyl (C=O) groups excluding carboxylic acids is 1. The van der Waals surface area contributed by atoms with E-state index in [1.165, 1.54) is 11.8 Å². The predicted molar refractivity (Wildman–Crippen MR) is 118 cm³/mol. The van der Waals surface area contributed by atoms with Crippen LogP contribution in [0.1, 0.15) is 16.8 Å². The van der Waals surface area contributed by atoms with E-state index in [4.69, 9.17) is 9.15 Å². The van der Waals surface area contributed by atoms with Gasteiger partial charge in [-0.1, -0.05) is 60.0 Å². The highest BCUT2D eigenvalue weighted by atomic mass is 32.2. The van der Waals surface area contributed by atoms with Crippen LogP contribution in [0.25, 0.3) is 22.2 Å². The third-order valence-electron chi connectivity index (χ3n) is 4.48. The van der Waals surface area contributed by atoms with Crippen LogP contribution in [-0.2, 0) is 0 Å². The summed E-state index contributed by atoms with van der Waals surface area (Å²) in [6.45, 7) is 0. The number of aromatic nitrogens is 2. The van der Waals surface area contributed by atoms with Crippen LogP contribution in [0.2, 0.25) is 0 Å². The van der Waals surface area contributed by atoms with Crippen molar-refractivity contribution in [2.24, 2.45) is 0 Å². The Morgan fingerprint density at radius 1 is 1.00 bits per heavy atom. The Morgan fingerprint density at radius 2 is 1.80 bits per heavy atom. The highest BCUT2D eigenvalue weighted by molar-refractivity contribution is 7.99. The number of rotatable bonds is 6. The number of carbonyl (C=O) groups is 1. The van der Waals surface area contributed by atoms with Gasteiger partial charge in [0.05, 0.1) is 19.3 Å². The highest BCUT2D eigenvalue weighted by Gasteiger charge is 2.11. The fourth-order valence-corrected chi connectivity index (χ4v) is 3.49. The first-order valence-electron chi connectivity index (χ1n) is 9.32. The third kappa shape index (κ3) is 4.53. The zero-order chi connectivity index (χ0) is 20.8. The number of Topliss-reactive ketones (excluding diaryl/α,β-unsaturated/α-hetero) is 1. The van der Waals surface area contributed by atoms with E-state index in [1.807, 2.05) is 42.5 Å². The van der Waals surface area contributed by atoms with Crippen molar-refractivity contribution in [2.75, 3.05) is 12.9 Å². The average molecular weight is 414 g/mol. The number of hydrogen-bond donors (Lipinski definition) is 0. The summed E-state index contributed by atoms with van der Waals surface area (Å²) in [6, 6.07) is 21.1. The topological polar surface area (TPSA) is 65.2 Å². The Hall–Kier alpha value is -3.56. The molecule has 4 aromatic rings. The normalized spacial score (nSPS) is 10.4. The van der Waals surface area contributed by atoms with Crippen molar-refractivity contribution in [3.05, 3.63) is 72.3 Å². The number of fused-ring (bicyclic) bond motifs is 1. The highest BCUT2D eigenvalue weighted by Crippen LogP contribution is 2.29. The molecule has 0 radical (unpaired) electrons. The fourth-order valence-electron chi connectivity index (χ4n) is 2.96. The van der Waals surface area contributed by atoms with Crippen LogP contribution in [0.5, 0.6) is 5.75 Å². The van der Waals surface area contributed by atoms with Crippen LogP contribution in [0, 0.1) is 11.8 Å². The molecule has 0 bridgehead atoms. The molecule has 4 rings (SSSR count). The van der Waals surface area contributed by atoms with E-state index in [-0.39, 0.29) is 12.2 Å². The SMILES string of the molecule is COc1ccc(C(=O)CC#CCSc2nnc(-c3cccc4ccccc34)o2)cc1. The number of ketones is 1. The second-order valence-corrected chi connectivity index (χ2v) is 7.30. The Labute approximate surface area is 178 Å². The third-order valence-corrected chi connectivity index (χ3v) is 5.18. The summed E-state index contributed by atoms with van der Waals surface area (Å²) in [4.78, 5) is 12.2. The van der Waals surface area contributed by atoms with Gasteiger partial charge in [0.25, 0.3) is 5.22 Å². The van der Waals surface area contributed by atoms with Crippen molar-refractivity contribution in [2.45, 2.75) is 11.6 Å². The summed E-state index contributed by atoms with van der Waals surface area (Å²) in [5.74, 6) is 7.52. The van der Waals surface area contributed by atoms with Crippen LogP contribution < -0.4 is 4.74 Å². The molecule has 1 aromatic heterocycles. The summed E-state index contributed by atoms with van der Waals surface area (Å²) in [5, 5.41) is 10.9. The van der Waals surface area contributed by atoms with Crippen LogP contribution >= 0.6 is 11.8 Å². The molecule has 30 heavy (non-hydrogen) atoms. The van der Waals surface area contributed by atoms with Gasteiger partial charge in [-0.25, -0.2) is 0 Å². The molecular formula is C24H18N2O3S. The molecule has 0 aliphatic heterocycles. The monoisotopic (exact) mass is 414 g/mol. The lowest BCUT2D eigenvalue weighted by Gasteiger charge is -2.01. The lowest BCUT2D eigenvalue weighted by Crippen LogP contribution is -1.97. The van der Waals surface area contributed by atoms with Crippen LogP contribution in [-0.4, -0.2) is 28.8 Å². The number of hydrogen-bond acceptors (Lipinski definition) is 6. The van der Waals surface area contributed by atoms with Crippen molar-refractivity contribution in [1.29, 1.82) is 0 Å². The minimum absolute atomic E-state index is 0.0221. The van der Waals surface area contributed by atoms with Crippen LogP contribution in [0.3, 0.4) is 0 Å². The smallest absolute Gasteiger partial charge is 0.277 e. The van der Waals surface area contributed by atoms with E-state index in [2.05, 4.69) is 22.0 Å². The second-order valence-electron chi connectivity index (χ2n) is 6.37. The van der Waals surface area contributed by atoms with Gasteiger partial charge < -0.3 is 9.15 Å². The first-order valence-corrected chi connectivity index (χ1v) is 10.3. The van der Waals surface area contributed by atoms with E-state index in [1.54, 1.807) is 31.4 Å². The lowest BCUT2D eigenvalue weighted by atomic mass is 10.0. The van der Waals surface area contributed by atoms with Gasteiger partial charge in [-0.15, -0.1) is 10.2 Å². The summed E-state index contributed by atoms with van der Waals surface area (Å²) in [7, 11) is 1.59. The van der Waals surface area contributed by atoms with Crippen LogP contribution in [0.15, 0.2) is 76.4 Å². The average Bonchev–Trinajstić information content (AvgIpc) is 3.27. The molecule has 148 valence electrons. The lowest BCUT2D eigenvalue weighted by molar-refractivity contribution is 0.0998. The maximum absolute atomic E-state index is 12.2. The molecule has 0 aliphatic carbocycles. The zero-order valence-electron chi connectivity index (χ0n) is 16.3. The number of nitrogens with zero attached hydrogens (tertiary/aromatic N) is 2. The molecule has 6 heteroatoms. The van der Waals surface area contributed by atoms with Crippen molar-refractivity contribution in [1.82, 2.24) is 10.2 Å². The minimum atomic E-state index is -0.0221. The molecule has 0 saturated carbocycles. The van der Waals surface area contributed by atoms with Crippen molar-refractivity contribution >= 4 is 28.3 Å². The summed E-state index contributed by atoms with van der Waals surface area (Å²) in [5.41, 5.74) is 1.53. The maximum atomic E-state index is 12.2.